The van der Waals surface area contributed by atoms with E-state index in [1.165, 1.54) is 0 Å². The second kappa shape index (κ2) is 4.97. The molecular weight excluding hydrogens is 130 g/mol. The average Bonchev–Trinajstić information content (AvgIpc) is 1.87. The van der Waals surface area contributed by atoms with Gasteiger partial charge < -0.3 is 0 Å². The minimum absolute atomic E-state index is 0.299. The van der Waals surface area contributed by atoms with Crippen molar-refractivity contribution in [2.24, 2.45) is 0 Å². The van der Waals surface area contributed by atoms with Crippen molar-refractivity contribution in [1.82, 2.24) is 0 Å². The Morgan fingerprint density at radius 1 is 1.60 bits per heavy atom. The molecule has 0 N–H and O–H groups in total. The summed E-state index contributed by atoms with van der Waals surface area (Å²) in [6.45, 7) is 3.84. The fourth-order valence-electron chi connectivity index (χ4n) is 0.760. The van der Waals surface area contributed by atoms with Crippen LogP contribution in [0.5, 0.6) is 0 Å². The summed E-state index contributed by atoms with van der Waals surface area (Å²) in [4.78, 5) is 9.92. The summed E-state index contributed by atoms with van der Waals surface area (Å²) >= 11 is 0. The SMILES string of the molecule is CCC=C(CCC)[N+](=O)[O-]. The summed E-state index contributed by atoms with van der Waals surface area (Å²) < 4.78 is 0. The van der Waals surface area contributed by atoms with Gasteiger partial charge in [-0.15, -0.1) is 0 Å². The second-order valence-electron chi connectivity index (χ2n) is 2.11. The lowest BCUT2D eigenvalue weighted by Gasteiger charge is -1.92. The summed E-state index contributed by atoms with van der Waals surface area (Å²) in [6, 6.07) is 0. The molecule has 0 bridgehead atoms. The first-order valence-corrected chi connectivity index (χ1v) is 3.55. The third kappa shape index (κ3) is 3.22. The van der Waals surface area contributed by atoms with Gasteiger partial charge in [0.25, 0.3) is 0 Å². The first-order valence-electron chi connectivity index (χ1n) is 3.55. The molecule has 0 atom stereocenters. The van der Waals surface area contributed by atoms with E-state index in [1.807, 2.05) is 13.8 Å². The molecule has 10 heavy (non-hydrogen) atoms. The lowest BCUT2D eigenvalue weighted by molar-refractivity contribution is -0.428. The highest BCUT2D eigenvalue weighted by Gasteiger charge is 2.05. The Balaban J connectivity index is 3.98. The molecule has 0 heterocycles. The normalized spacial score (nSPS) is 11.6. The molecule has 0 aliphatic rings. The lowest BCUT2D eigenvalue weighted by atomic mass is 10.2. The van der Waals surface area contributed by atoms with Crippen molar-refractivity contribution in [3.8, 4) is 0 Å². The summed E-state index contributed by atoms with van der Waals surface area (Å²) in [7, 11) is 0. The van der Waals surface area contributed by atoms with Crippen LogP contribution < -0.4 is 0 Å². The predicted octanol–water partition coefficient (Wildman–Crippen LogP) is 2.36. The Hall–Kier alpha value is -0.860. The smallest absolute Gasteiger partial charge is 0.242 e. The molecule has 0 saturated carbocycles. The Labute approximate surface area is 60.9 Å². The minimum atomic E-state index is -0.299. The maximum Gasteiger partial charge on any atom is 0.242 e. The van der Waals surface area contributed by atoms with Gasteiger partial charge in [-0.3, -0.25) is 10.1 Å². The average molecular weight is 143 g/mol. The van der Waals surface area contributed by atoms with Crippen molar-refractivity contribution in [2.45, 2.75) is 33.1 Å². The highest BCUT2D eigenvalue weighted by atomic mass is 16.6. The van der Waals surface area contributed by atoms with Crippen molar-refractivity contribution in [2.75, 3.05) is 0 Å². The van der Waals surface area contributed by atoms with Crippen molar-refractivity contribution in [3.05, 3.63) is 21.9 Å². The van der Waals surface area contributed by atoms with Crippen LogP contribution >= 0.6 is 0 Å². The standard InChI is InChI=1S/C7H13NO2/c1-3-5-7(6-4-2)8(9)10/h5H,3-4,6H2,1-2H3. The summed E-state index contributed by atoms with van der Waals surface area (Å²) in [6.07, 6.45) is 3.84. The Morgan fingerprint density at radius 3 is 2.50 bits per heavy atom. The highest BCUT2D eigenvalue weighted by Crippen LogP contribution is 2.05. The van der Waals surface area contributed by atoms with E-state index in [2.05, 4.69) is 0 Å². The molecule has 0 aromatic rings. The van der Waals surface area contributed by atoms with Crippen LogP contribution in [-0.2, 0) is 0 Å². The van der Waals surface area contributed by atoms with E-state index in [0.717, 1.165) is 12.8 Å². The third-order valence-electron chi connectivity index (χ3n) is 1.18. The van der Waals surface area contributed by atoms with Crippen LogP contribution in [0, 0.1) is 10.1 Å². The van der Waals surface area contributed by atoms with Crippen LogP contribution in [0.1, 0.15) is 33.1 Å². The fraction of sp³-hybridized carbons (Fsp3) is 0.714. The lowest BCUT2D eigenvalue weighted by Crippen LogP contribution is -1.97. The van der Waals surface area contributed by atoms with Gasteiger partial charge in [-0.2, -0.15) is 0 Å². The molecular formula is C7H13NO2. The van der Waals surface area contributed by atoms with Crippen molar-refractivity contribution >= 4 is 0 Å². The quantitative estimate of drug-likeness (QED) is 0.448. The first kappa shape index (κ1) is 9.14. The van der Waals surface area contributed by atoms with E-state index < -0.39 is 0 Å². The van der Waals surface area contributed by atoms with Gasteiger partial charge in [-0.05, 0) is 18.9 Å². The van der Waals surface area contributed by atoms with Crippen LogP contribution in [-0.4, -0.2) is 4.92 Å². The van der Waals surface area contributed by atoms with Gasteiger partial charge in [0.05, 0.1) is 4.92 Å². The second-order valence-corrected chi connectivity index (χ2v) is 2.11. The van der Waals surface area contributed by atoms with Gasteiger partial charge in [0.1, 0.15) is 0 Å². The summed E-state index contributed by atoms with van der Waals surface area (Å²) in [5.41, 5.74) is 0.352. The Kier molecular flexibility index (Phi) is 4.54. The van der Waals surface area contributed by atoms with E-state index in [1.54, 1.807) is 6.08 Å². The molecule has 0 aromatic carbocycles. The van der Waals surface area contributed by atoms with Gasteiger partial charge in [0.15, 0.2) is 0 Å². The Bertz CT molecular complexity index is 141. The molecule has 0 aliphatic carbocycles. The summed E-state index contributed by atoms with van der Waals surface area (Å²) in [5.74, 6) is 0. The van der Waals surface area contributed by atoms with E-state index >= 15 is 0 Å². The van der Waals surface area contributed by atoms with Gasteiger partial charge in [0, 0.05) is 6.42 Å². The topological polar surface area (TPSA) is 43.1 Å². The molecule has 0 rings (SSSR count). The zero-order valence-electron chi connectivity index (χ0n) is 6.46. The van der Waals surface area contributed by atoms with Crippen molar-refractivity contribution in [1.29, 1.82) is 0 Å². The largest absolute Gasteiger partial charge is 0.259 e. The molecule has 0 fully saturated rings. The molecule has 0 aromatic heterocycles. The van der Waals surface area contributed by atoms with E-state index in [9.17, 15) is 10.1 Å². The maximum atomic E-state index is 10.2. The summed E-state index contributed by atoms with van der Waals surface area (Å²) in [5, 5.41) is 10.2. The number of hydrogen-bond donors (Lipinski definition) is 0. The molecule has 0 amide bonds. The molecule has 0 spiro atoms. The number of hydrogen-bond acceptors (Lipinski definition) is 2. The third-order valence-corrected chi connectivity index (χ3v) is 1.18. The van der Waals surface area contributed by atoms with Crippen LogP contribution in [0.25, 0.3) is 0 Å². The van der Waals surface area contributed by atoms with Crippen molar-refractivity contribution in [3.63, 3.8) is 0 Å². The molecule has 3 nitrogen and oxygen atoms in total. The van der Waals surface area contributed by atoms with E-state index in [4.69, 9.17) is 0 Å². The van der Waals surface area contributed by atoms with Crippen molar-refractivity contribution < 1.29 is 4.92 Å². The van der Waals surface area contributed by atoms with Crippen LogP contribution in [0.2, 0.25) is 0 Å². The van der Waals surface area contributed by atoms with E-state index in [-0.39, 0.29) is 4.92 Å². The molecule has 0 unspecified atom stereocenters. The monoisotopic (exact) mass is 143 g/mol. The zero-order chi connectivity index (χ0) is 7.98. The maximum absolute atomic E-state index is 10.2. The Morgan fingerprint density at radius 2 is 2.20 bits per heavy atom. The molecule has 3 heteroatoms. The molecule has 58 valence electrons. The van der Waals surface area contributed by atoms with Crippen LogP contribution in [0.3, 0.4) is 0 Å². The number of nitro groups is 1. The highest BCUT2D eigenvalue weighted by molar-refractivity contribution is 4.90. The number of allylic oxidation sites excluding steroid dienone is 2. The molecule has 0 radical (unpaired) electrons. The van der Waals surface area contributed by atoms with Gasteiger partial charge in [-0.1, -0.05) is 13.8 Å². The van der Waals surface area contributed by atoms with E-state index in [0.29, 0.717) is 12.1 Å². The fourth-order valence-corrected chi connectivity index (χ4v) is 0.760. The van der Waals surface area contributed by atoms with Crippen LogP contribution in [0.15, 0.2) is 11.8 Å². The number of rotatable bonds is 4. The predicted molar refractivity (Wildman–Crippen MR) is 40.3 cm³/mol. The first-order chi connectivity index (χ1) is 4.72. The van der Waals surface area contributed by atoms with Crippen LogP contribution in [0.4, 0.5) is 0 Å². The molecule has 0 saturated heterocycles. The minimum Gasteiger partial charge on any atom is -0.259 e. The zero-order valence-corrected chi connectivity index (χ0v) is 6.46. The van der Waals surface area contributed by atoms with Gasteiger partial charge in [0.2, 0.25) is 5.70 Å². The van der Waals surface area contributed by atoms with Gasteiger partial charge >= 0.3 is 0 Å². The molecule has 0 aliphatic heterocycles. The number of nitrogens with zero attached hydrogens (tertiary/aromatic N) is 1. The van der Waals surface area contributed by atoms with Gasteiger partial charge in [-0.25, -0.2) is 0 Å².